The maximum absolute atomic E-state index is 6.55. The van der Waals surface area contributed by atoms with E-state index in [1.54, 1.807) is 13.3 Å². The molecule has 0 saturated carbocycles. The molecule has 0 amide bonds. The first kappa shape index (κ1) is 22.8. The molecule has 0 bridgehead atoms. The first-order valence-corrected chi connectivity index (χ1v) is 11.9. The Bertz CT molecular complexity index is 1040. The van der Waals surface area contributed by atoms with Crippen LogP contribution >= 0.6 is 11.6 Å². The Kier molecular flexibility index (Phi) is 8.16. The minimum Gasteiger partial charge on any atom is -0.497 e. The van der Waals surface area contributed by atoms with Gasteiger partial charge < -0.3 is 15.0 Å². The van der Waals surface area contributed by atoms with Gasteiger partial charge in [-0.25, -0.2) is 0 Å². The third-order valence-electron chi connectivity index (χ3n) is 6.22. The number of benzene rings is 2. The molecule has 3 aromatic rings. The molecule has 1 aliphatic rings. The van der Waals surface area contributed by atoms with Gasteiger partial charge in [0.25, 0.3) is 0 Å². The van der Waals surface area contributed by atoms with Crippen molar-refractivity contribution < 1.29 is 4.74 Å². The zero-order valence-electron chi connectivity index (χ0n) is 18.8. The van der Waals surface area contributed by atoms with Crippen molar-refractivity contribution in [2.24, 2.45) is 5.92 Å². The summed E-state index contributed by atoms with van der Waals surface area (Å²) >= 11 is 6.55. The average Bonchev–Trinajstić information content (AvgIpc) is 2.84. The second kappa shape index (κ2) is 11.5. The molecule has 1 N–H and O–H groups in total. The molecule has 4 rings (SSSR count). The number of nitrogens with one attached hydrogen (secondary N) is 1. The van der Waals surface area contributed by atoms with Gasteiger partial charge in [-0.3, -0.25) is 4.98 Å². The lowest BCUT2D eigenvalue weighted by Gasteiger charge is -2.33. The molecule has 1 saturated heterocycles. The van der Waals surface area contributed by atoms with Gasteiger partial charge in [0.1, 0.15) is 5.75 Å². The second-order valence-corrected chi connectivity index (χ2v) is 8.91. The average molecular weight is 450 g/mol. The number of hydrogen-bond acceptors (Lipinski definition) is 4. The number of aromatic nitrogens is 1. The van der Waals surface area contributed by atoms with Crippen LogP contribution in [0, 0.1) is 5.92 Å². The minimum absolute atomic E-state index is 0.693. The predicted octanol–water partition coefficient (Wildman–Crippen LogP) is 5.45. The maximum Gasteiger partial charge on any atom is 0.119 e. The number of halogens is 1. The molecule has 1 atom stereocenters. The number of hydrogen-bond donors (Lipinski definition) is 1. The molecule has 1 unspecified atom stereocenters. The third-order valence-corrected chi connectivity index (χ3v) is 6.55. The summed E-state index contributed by atoms with van der Waals surface area (Å²) < 4.78 is 5.41. The molecule has 5 heteroatoms. The highest BCUT2D eigenvalue weighted by Crippen LogP contribution is 2.28. The van der Waals surface area contributed by atoms with Crippen molar-refractivity contribution in [2.45, 2.75) is 19.3 Å². The van der Waals surface area contributed by atoms with E-state index in [4.69, 9.17) is 16.3 Å². The summed E-state index contributed by atoms with van der Waals surface area (Å²) in [5, 5.41) is 5.45. The topological polar surface area (TPSA) is 37.4 Å². The quantitative estimate of drug-likeness (QED) is 0.440. The lowest BCUT2D eigenvalue weighted by molar-refractivity contribution is 0.175. The van der Waals surface area contributed by atoms with Crippen molar-refractivity contribution in [3.63, 3.8) is 0 Å². The Morgan fingerprint density at radius 2 is 2.09 bits per heavy atom. The molecule has 168 valence electrons. The van der Waals surface area contributed by atoms with E-state index in [1.165, 1.54) is 24.0 Å². The van der Waals surface area contributed by atoms with Crippen LogP contribution in [-0.4, -0.2) is 49.7 Å². The van der Waals surface area contributed by atoms with Crippen LogP contribution in [0.3, 0.4) is 0 Å². The van der Waals surface area contributed by atoms with E-state index in [9.17, 15) is 0 Å². The Hall–Kier alpha value is -2.40. The first-order chi connectivity index (χ1) is 15.7. The van der Waals surface area contributed by atoms with Gasteiger partial charge in [-0.2, -0.15) is 0 Å². The minimum atomic E-state index is 0.693. The molecule has 32 heavy (non-hydrogen) atoms. The van der Waals surface area contributed by atoms with E-state index in [1.807, 2.05) is 18.2 Å². The van der Waals surface area contributed by atoms with Crippen molar-refractivity contribution in [1.82, 2.24) is 15.2 Å². The van der Waals surface area contributed by atoms with E-state index in [-0.39, 0.29) is 0 Å². The van der Waals surface area contributed by atoms with Crippen LogP contribution in [0.5, 0.6) is 5.75 Å². The smallest absolute Gasteiger partial charge is 0.119 e. The summed E-state index contributed by atoms with van der Waals surface area (Å²) in [5.74, 6) is 1.53. The van der Waals surface area contributed by atoms with Crippen LogP contribution in [0.4, 0.5) is 0 Å². The molecule has 1 aliphatic heterocycles. The summed E-state index contributed by atoms with van der Waals surface area (Å²) in [5.41, 5.74) is 3.38. The Labute approximate surface area is 196 Å². The SMILES string of the molecule is COc1ccc2ncc(Cl)c(CCN3CCCC(CNC/C=C/c4ccccc4)C3)c2c1. The molecule has 1 aromatic heterocycles. The molecular formula is C27H32ClN3O. The van der Waals surface area contributed by atoms with Crippen molar-refractivity contribution >= 4 is 28.6 Å². The molecule has 2 aromatic carbocycles. The van der Waals surface area contributed by atoms with Crippen LogP contribution in [-0.2, 0) is 6.42 Å². The fraction of sp³-hybridized carbons (Fsp3) is 0.370. The highest BCUT2D eigenvalue weighted by molar-refractivity contribution is 6.32. The highest BCUT2D eigenvalue weighted by atomic mass is 35.5. The number of pyridine rings is 1. The highest BCUT2D eigenvalue weighted by Gasteiger charge is 2.20. The van der Waals surface area contributed by atoms with E-state index in [2.05, 4.69) is 57.7 Å². The first-order valence-electron chi connectivity index (χ1n) is 11.5. The third kappa shape index (κ3) is 6.10. The van der Waals surface area contributed by atoms with Gasteiger partial charge >= 0.3 is 0 Å². The lowest BCUT2D eigenvalue weighted by Crippen LogP contribution is -2.40. The maximum atomic E-state index is 6.55. The number of likely N-dealkylation sites (tertiary alicyclic amines) is 1. The summed E-state index contributed by atoms with van der Waals surface area (Å²) in [6.07, 6.45) is 9.63. The summed E-state index contributed by atoms with van der Waals surface area (Å²) in [7, 11) is 1.69. The van der Waals surface area contributed by atoms with Gasteiger partial charge in [0.05, 0.1) is 17.6 Å². The lowest BCUT2D eigenvalue weighted by atomic mass is 9.97. The van der Waals surface area contributed by atoms with E-state index >= 15 is 0 Å². The van der Waals surface area contributed by atoms with E-state index in [0.717, 1.165) is 60.8 Å². The summed E-state index contributed by atoms with van der Waals surface area (Å²) in [6, 6.07) is 16.5. The Balaban J connectivity index is 1.28. The van der Waals surface area contributed by atoms with E-state index < -0.39 is 0 Å². The number of rotatable bonds is 9. The zero-order chi connectivity index (χ0) is 22.2. The van der Waals surface area contributed by atoms with Crippen molar-refractivity contribution in [1.29, 1.82) is 0 Å². The zero-order valence-corrected chi connectivity index (χ0v) is 19.5. The number of methoxy groups -OCH3 is 1. The standard InChI is InChI=1S/C27H32ClN3O/c1-32-23-11-12-27-25(17-23)24(26(28)19-30-27)13-16-31-15-6-10-22(20-31)18-29-14-5-9-21-7-3-2-4-8-21/h2-5,7-9,11-12,17,19,22,29H,6,10,13-16,18,20H2,1H3/b9-5+. The number of fused-ring (bicyclic) bond motifs is 1. The van der Waals surface area contributed by atoms with Crippen molar-refractivity contribution in [3.05, 3.63) is 77.0 Å². The Morgan fingerprint density at radius 3 is 2.94 bits per heavy atom. The van der Waals surface area contributed by atoms with Crippen LogP contribution in [0.15, 0.2) is 60.8 Å². The molecule has 4 nitrogen and oxygen atoms in total. The van der Waals surface area contributed by atoms with Crippen molar-refractivity contribution in [3.8, 4) is 5.75 Å². The van der Waals surface area contributed by atoms with Crippen molar-refractivity contribution in [2.75, 3.05) is 39.8 Å². The largest absolute Gasteiger partial charge is 0.497 e. The second-order valence-electron chi connectivity index (χ2n) is 8.50. The monoisotopic (exact) mass is 449 g/mol. The molecule has 2 heterocycles. The van der Waals surface area contributed by atoms with Gasteiger partial charge in [0.2, 0.25) is 0 Å². The van der Waals surface area contributed by atoms with Crippen LogP contribution in [0.25, 0.3) is 17.0 Å². The predicted molar refractivity (Wildman–Crippen MR) is 135 cm³/mol. The number of nitrogens with zero attached hydrogens (tertiary/aromatic N) is 2. The van der Waals surface area contributed by atoms with Gasteiger partial charge in [-0.05, 0) is 67.6 Å². The summed E-state index contributed by atoms with van der Waals surface area (Å²) in [4.78, 5) is 7.06. The van der Waals surface area contributed by atoms with Crippen LogP contribution in [0.2, 0.25) is 5.02 Å². The van der Waals surface area contributed by atoms with Gasteiger partial charge in [-0.15, -0.1) is 0 Å². The van der Waals surface area contributed by atoms with Crippen LogP contribution < -0.4 is 10.1 Å². The molecular weight excluding hydrogens is 418 g/mol. The van der Waals surface area contributed by atoms with E-state index in [0.29, 0.717) is 5.92 Å². The molecule has 0 spiro atoms. The van der Waals surface area contributed by atoms with Gasteiger partial charge in [0.15, 0.2) is 0 Å². The van der Waals surface area contributed by atoms with Gasteiger partial charge in [-0.1, -0.05) is 54.1 Å². The fourth-order valence-electron chi connectivity index (χ4n) is 4.50. The molecule has 1 fully saturated rings. The van der Waals surface area contributed by atoms with Gasteiger partial charge in [0, 0.05) is 31.2 Å². The number of piperidine rings is 1. The Morgan fingerprint density at radius 1 is 1.22 bits per heavy atom. The normalized spacial score (nSPS) is 17.2. The molecule has 0 radical (unpaired) electrons. The fourth-order valence-corrected chi connectivity index (χ4v) is 4.75. The molecule has 0 aliphatic carbocycles. The van der Waals surface area contributed by atoms with Crippen LogP contribution in [0.1, 0.15) is 24.0 Å². The summed E-state index contributed by atoms with van der Waals surface area (Å²) in [6.45, 7) is 5.28. The number of ether oxygens (including phenoxy) is 1.